The summed E-state index contributed by atoms with van der Waals surface area (Å²) in [5.41, 5.74) is 14.5. The molecule has 2 aromatic carbocycles. The van der Waals surface area contributed by atoms with E-state index in [1.807, 2.05) is 0 Å². The van der Waals surface area contributed by atoms with E-state index in [1.165, 1.54) is 4.90 Å². The zero-order chi connectivity index (χ0) is 33.1. The van der Waals surface area contributed by atoms with Gasteiger partial charge in [-0.3, -0.25) is 19.3 Å². The van der Waals surface area contributed by atoms with Crippen molar-refractivity contribution in [2.24, 2.45) is 16.6 Å². The molecule has 15 nitrogen and oxygen atoms in total. The summed E-state index contributed by atoms with van der Waals surface area (Å²) >= 11 is 0. The second-order valence-electron chi connectivity index (χ2n) is 9.97. The van der Waals surface area contributed by atoms with Crippen LogP contribution in [0.4, 0.5) is 11.5 Å². The Morgan fingerprint density at radius 1 is 1.07 bits per heavy atom. The minimum atomic E-state index is -1.13. The number of nitrogens with one attached hydrogen (secondary N) is 2. The molecule has 15 heteroatoms. The summed E-state index contributed by atoms with van der Waals surface area (Å²) < 4.78 is 5.02. The van der Waals surface area contributed by atoms with Gasteiger partial charge >= 0.3 is 17.9 Å². The molecule has 0 radical (unpaired) electrons. The standard InChI is InChI=1S/C31H34N8O7/c1-2-45-28(42)14-16-39(26-5-3-4-15-34-26)30(43)20-8-12-23-24(17-20)37-25(36-23)18-35-21-9-6-19(7-10-21)29(33)38-46-31(44)22(32)11-13-27(40)41/h3-10,12,15,17,22,35H,2,11,13-14,16,18,32H2,1H3,(H2,33,38)(H,36,37)(H,40,41). The summed E-state index contributed by atoms with van der Waals surface area (Å²) in [6.07, 6.45) is 1.24. The quantitative estimate of drug-likeness (QED) is 0.0420. The van der Waals surface area contributed by atoms with Crippen molar-refractivity contribution in [2.45, 2.75) is 38.8 Å². The minimum Gasteiger partial charge on any atom is -0.481 e. The van der Waals surface area contributed by atoms with E-state index >= 15 is 0 Å². The number of hydrogen-bond acceptors (Lipinski definition) is 11. The Labute approximate surface area is 263 Å². The molecule has 7 N–H and O–H groups in total. The van der Waals surface area contributed by atoms with Crippen LogP contribution in [0.2, 0.25) is 0 Å². The number of carbonyl (C=O) groups excluding carboxylic acids is 3. The van der Waals surface area contributed by atoms with Crippen LogP contribution >= 0.6 is 0 Å². The number of amides is 1. The largest absolute Gasteiger partial charge is 0.481 e. The third-order valence-corrected chi connectivity index (χ3v) is 6.64. The van der Waals surface area contributed by atoms with Gasteiger partial charge in [-0.25, -0.2) is 14.8 Å². The first kappa shape index (κ1) is 33.1. The lowest BCUT2D eigenvalue weighted by molar-refractivity contribution is -0.146. The van der Waals surface area contributed by atoms with Crippen molar-refractivity contribution in [3.63, 3.8) is 0 Å². The van der Waals surface area contributed by atoms with Gasteiger partial charge in [0, 0.05) is 36.0 Å². The highest BCUT2D eigenvalue weighted by atomic mass is 16.7. The van der Waals surface area contributed by atoms with Gasteiger partial charge in [-0.1, -0.05) is 11.2 Å². The van der Waals surface area contributed by atoms with Gasteiger partial charge in [0.05, 0.1) is 30.6 Å². The molecule has 46 heavy (non-hydrogen) atoms. The minimum absolute atomic E-state index is 0.0248. The normalized spacial score (nSPS) is 11.9. The summed E-state index contributed by atoms with van der Waals surface area (Å²) in [5, 5.41) is 15.5. The number of oxime groups is 1. The number of amidine groups is 1. The van der Waals surface area contributed by atoms with Crippen LogP contribution in [0.25, 0.3) is 11.0 Å². The van der Waals surface area contributed by atoms with Gasteiger partial charge in [0.2, 0.25) is 0 Å². The number of nitrogens with two attached hydrogens (primary N) is 2. The Morgan fingerprint density at radius 3 is 2.52 bits per heavy atom. The molecule has 4 rings (SSSR count). The van der Waals surface area contributed by atoms with Crippen LogP contribution in [0.15, 0.2) is 72.0 Å². The third kappa shape index (κ3) is 9.09. The van der Waals surface area contributed by atoms with Gasteiger partial charge in [0.15, 0.2) is 5.84 Å². The van der Waals surface area contributed by atoms with Crippen LogP contribution in [-0.2, 0) is 30.5 Å². The number of anilines is 2. The first-order valence-corrected chi connectivity index (χ1v) is 14.4. The lowest BCUT2D eigenvalue weighted by Crippen LogP contribution is -2.34. The van der Waals surface area contributed by atoms with E-state index in [-0.39, 0.29) is 44.2 Å². The lowest BCUT2D eigenvalue weighted by Gasteiger charge is -2.21. The van der Waals surface area contributed by atoms with Crippen LogP contribution in [0.5, 0.6) is 0 Å². The summed E-state index contributed by atoms with van der Waals surface area (Å²) in [6, 6.07) is 16.0. The van der Waals surface area contributed by atoms with E-state index < -0.39 is 23.9 Å². The molecular formula is C31H34N8O7. The molecule has 0 fully saturated rings. The highest BCUT2D eigenvalue weighted by molar-refractivity contribution is 6.07. The fraction of sp³-hybridized carbons (Fsp3) is 0.258. The molecule has 2 aromatic heterocycles. The van der Waals surface area contributed by atoms with Gasteiger partial charge in [-0.15, -0.1) is 0 Å². The Balaban J connectivity index is 1.37. The summed E-state index contributed by atoms with van der Waals surface area (Å²) in [5.74, 6) is -1.70. The maximum Gasteiger partial charge on any atom is 0.351 e. The molecule has 1 amide bonds. The number of aliphatic carboxylic acids is 1. The van der Waals surface area contributed by atoms with Gasteiger partial charge in [0.1, 0.15) is 17.7 Å². The molecule has 0 bridgehead atoms. The highest BCUT2D eigenvalue weighted by Gasteiger charge is 2.21. The SMILES string of the molecule is CCOC(=O)CCN(C(=O)c1ccc2nc(CNc3ccc(/C(N)=N/OC(=O)C(N)CCC(=O)O)cc3)[nH]c2c1)c1ccccn1. The van der Waals surface area contributed by atoms with Crippen molar-refractivity contribution in [2.75, 3.05) is 23.4 Å². The smallest absolute Gasteiger partial charge is 0.351 e. The molecule has 2 heterocycles. The zero-order valence-corrected chi connectivity index (χ0v) is 25.0. The number of carboxylic acids is 1. The van der Waals surface area contributed by atoms with E-state index in [0.29, 0.717) is 40.3 Å². The number of imidazole rings is 1. The number of rotatable bonds is 15. The number of aromatic nitrogens is 3. The number of fused-ring (bicyclic) bond motifs is 1. The van der Waals surface area contributed by atoms with Gasteiger partial charge in [-0.05, 0) is 67.9 Å². The van der Waals surface area contributed by atoms with Crippen LogP contribution in [0, 0.1) is 0 Å². The van der Waals surface area contributed by atoms with Crippen molar-refractivity contribution in [1.82, 2.24) is 15.0 Å². The van der Waals surface area contributed by atoms with Gasteiger partial charge in [0.25, 0.3) is 5.91 Å². The molecule has 4 aromatic rings. The second-order valence-corrected chi connectivity index (χ2v) is 9.97. The first-order valence-electron chi connectivity index (χ1n) is 14.4. The zero-order valence-electron chi connectivity index (χ0n) is 25.0. The molecule has 0 saturated carbocycles. The second kappa shape index (κ2) is 15.8. The molecular weight excluding hydrogens is 596 g/mol. The number of pyridine rings is 1. The van der Waals surface area contributed by atoms with E-state index in [2.05, 4.69) is 25.4 Å². The Kier molecular flexibility index (Phi) is 11.3. The first-order chi connectivity index (χ1) is 22.1. The monoisotopic (exact) mass is 630 g/mol. The number of hydrogen-bond donors (Lipinski definition) is 5. The van der Waals surface area contributed by atoms with Crippen molar-refractivity contribution in [3.8, 4) is 0 Å². The molecule has 0 spiro atoms. The lowest BCUT2D eigenvalue weighted by atomic mass is 10.1. The summed E-state index contributed by atoms with van der Waals surface area (Å²) in [6.45, 7) is 2.43. The Hall–Kier alpha value is -5.83. The number of aromatic amines is 1. The van der Waals surface area contributed by atoms with Crippen LogP contribution in [0.3, 0.4) is 0 Å². The van der Waals surface area contributed by atoms with E-state index in [0.717, 1.165) is 5.69 Å². The highest BCUT2D eigenvalue weighted by Crippen LogP contribution is 2.20. The topological polar surface area (TPSA) is 228 Å². The summed E-state index contributed by atoms with van der Waals surface area (Å²) in [4.78, 5) is 66.3. The van der Waals surface area contributed by atoms with Crippen LogP contribution < -0.4 is 21.7 Å². The van der Waals surface area contributed by atoms with E-state index in [1.54, 1.807) is 73.8 Å². The van der Waals surface area contributed by atoms with Crippen molar-refractivity contribution < 1.29 is 33.9 Å². The number of carboxylic acid groups (broad SMARTS) is 1. The number of carbonyl (C=O) groups is 4. The predicted molar refractivity (Wildman–Crippen MR) is 169 cm³/mol. The maximum absolute atomic E-state index is 13.5. The van der Waals surface area contributed by atoms with E-state index in [4.69, 9.17) is 26.1 Å². The van der Waals surface area contributed by atoms with E-state index in [9.17, 15) is 19.2 Å². The molecule has 1 unspecified atom stereocenters. The van der Waals surface area contributed by atoms with Gasteiger partial charge in [-0.2, -0.15) is 0 Å². The average molecular weight is 631 g/mol. The van der Waals surface area contributed by atoms with Crippen molar-refractivity contribution in [3.05, 3.63) is 83.8 Å². The van der Waals surface area contributed by atoms with Crippen LogP contribution in [-0.4, -0.2) is 68.9 Å². The fourth-order valence-corrected chi connectivity index (χ4v) is 4.26. The van der Waals surface area contributed by atoms with Crippen molar-refractivity contribution >= 4 is 52.2 Å². The third-order valence-electron chi connectivity index (χ3n) is 6.64. The summed E-state index contributed by atoms with van der Waals surface area (Å²) in [7, 11) is 0. The number of benzene rings is 2. The molecule has 0 saturated heterocycles. The number of nitrogens with zero attached hydrogens (tertiary/aromatic N) is 4. The number of H-pyrrole nitrogens is 1. The van der Waals surface area contributed by atoms with Crippen molar-refractivity contribution in [1.29, 1.82) is 0 Å². The van der Waals surface area contributed by atoms with Gasteiger partial charge < -0.3 is 36.4 Å². The Bertz CT molecular complexity index is 1710. The number of ether oxygens (including phenoxy) is 1. The maximum atomic E-state index is 13.5. The molecule has 1 atom stereocenters. The fourth-order valence-electron chi connectivity index (χ4n) is 4.26. The molecule has 0 aliphatic rings. The molecule has 0 aliphatic carbocycles. The Morgan fingerprint density at radius 2 is 1.83 bits per heavy atom. The molecule has 0 aliphatic heterocycles. The predicted octanol–water partition coefficient (Wildman–Crippen LogP) is 2.53. The molecule has 240 valence electrons. The van der Waals surface area contributed by atoms with Crippen LogP contribution in [0.1, 0.15) is 47.9 Å². The average Bonchev–Trinajstić information content (AvgIpc) is 3.48. The number of esters is 1.